The van der Waals surface area contributed by atoms with Gasteiger partial charge in [0, 0.05) is 0 Å². The molecule has 7 nitrogen and oxygen atoms in total. The Morgan fingerprint density at radius 1 is 0.909 bits per heavy atom. The van der Waals surface area contributed by atoms with Gasteiger partial charge in [-0.1, -0.05) is 30.3 Å². The Balaban J connectivity index is 1.59. The SMILES string of the molecule is CCOc1cc(C=NNC(=O)COc2cccc(C)c2C)ccc1OC(=O)c1ccccc1. The maximum Gasteiger partial charge on any atom is 0.343 e. The van der Waals surface area contributed by atoms with Gasteiger partial charge < -0.3 is 14.2 Å². The summed E-state index contributed by atoms with van der Waals surface area (Å²) in [5, 5.41) is 3.97. The van der Waals surface area contributed by atoms with Crippen LogP contribution in [0.2, 0.25) is 0 Å². The van der Waals surface area contributed by atoms with E-state index in [2.05, 4.69) is 10.5 Å². The first-order valence-electron chi connectivity index (χ1n) is 10.5. The third-order valence-corrected chi connectivity index (χ3v) is 4.80. The minimum atomic E-state index is -0.478. The first kappa shape index (κ1) is 23.5. The molecule has 1 N–H and O–H groups in total. The number of benzene rings is 3. The maximum absolute atomic E-state index is 12.3. The molecule has 3 aromatic carbocycles. The molecule has 0 spiro atoms. The van der Waals surface area contributed by atoms with Crippen molar-refractivity contribution in [2.45, 2.75) is 20.8 Å². The molecule has 0 aliphatic carbocycles. The van der Waals surface area contributed by atoms with E-state index in [1.54, 1.807) is 42.5 Å². The topological polar surface area (TPSA) is 86.2 Å². The summed E-state index contributed by atoms with van der Waals surface area (Å²) in [7, 11) is 0. The number of ether oxygens (including phenoxy) is 3. The van der Waals surface area contributed by atoms with Crippen LogP contribution in [0.4, 0.5) is 0 Å². The van der Waals surface area contributed by atoms with E-state index in [9.17, 15) is 9.59 Å². The Morgan fingerprint density at radius 2 is 1.70 bits per heavy atom. The smallest absolute Gasteiger partial charge is 0.343 e. The molecule has 0 radical (unpaired) electrons. The number of esters is 1. The fraction of sp³-hybridized carbons (Fsp3) is 0.192. The second kappa shape index (κ2) is 11.5. The Bertz CT molecular complexity index is 1140. The van der Waals surface area contributed by atoms with E-state index < -0.39 is 5.97 Å². The van der Waals surface area contributed by atoms with Gasteiger partial charge in [0.2, 0.25) is 0 Å². The summed E-state index contributed by atoms with van der Waals surface area (Å²) < 4.78 is 16.7. The largest absolute Gasteiger partial charge is 0.490 e. The molecule has 0 aliphatic rings. The third-order valence-electron chi connectivity index (χ3n) is 4.80. The van der Waals surface area contributed by atoms with Crippen molar-refractivity contribution in [1.82, 2.24) is 5.43 Å². The van der Waals surface area contributed by atoms with Crippen molar-refractivity contribution in [3.05, 3.63) is 89.0 Å². The summed E-state index contributed by atoms with van der Waals surface area (Å²) in [5.74, 6) is 0.500. The number of aryl methyl sites for hydroxylation is 1. The third kappa shape index (κ3) is 6.67. The molecule has 0 heterocycles. The second-order valence-electron chi connectivity index (χ2n) is 7.17. The van der Waals surface area contributed by atoms with Crippen molar-refractivity contribution in [1.29, 1.82) is 0 Å². The molecule has 170 valence electrons. The van der Waals surface area contributed by atoms with Crippen LogP contribution in [-0.2, 0) is 4.79 Å². The first-order valence-corrected chi connectivity index (χ1v) is 10.5. The molecule has 0 aliphatic heterocycles. The van der Waals surface area contributed by atoms with Gasteiger partial charge in [-0.25, -0.2) is 10.2 Å². The minimum absolute atomic E-state index is 0.153. The van der Waals surface area contributed by atoms with Gasteiger partial charge in [-0.15, -0.1) is 0 Å². The van der Waals surface area contributed by atoms with Crippen molar-refractivity contribution >= 4 is 18.1 Å². The number of carbonyl (C=O) groups excluding carboxylic acids is 2. The number of rotatable bonds is 9. The molecular formula is C26H26N2O5. The van der Waals surface area contributed by atoms with Gasteiger partial charge >= 0.3 is 5.97 Å². The number of amides is 1. The molecule has 0 fully saturated rings. The van der Waals surface area contributed by atoms with Crippen LogP contribution in [0.25, 0.3) is 0 Å². The molecule has 0 aromatic heterocycles. The zero-order chi connectivity index (χ0) is 23.6. The summed E-state index contributed by atoms with van der Waals surface area (Å²) in [5.41, 5.74) is 5.62. The number of hydrogen-bond acceptors (Lipinski definition) is 6. The average molecular weight is 447 g/mol. The van der Waals surface area contributed by atoms with Gasteiger partial charge in [0.1, 0.15) is 5.75 Å². The van der Waals surface area contributed by atoms with E-state index >= 15 is 0 Å². The zero-order valence-corrected chi connectivity index (χ0v) is 18.8. The Kier molecular flexibility index (Phi) is 8.18. The summed E-state index contributed by atoms with van der Waals surface area (Å²) in [6.07, 6.45) is 1.47. The maximum atomic E-state index is 12.3. The molecule has 3 rings (SSSR count). The highest BCUT2D eigenvalue weighted by molar-refractivity contribution is 5.91. The van der Waals surface area contributed by atoms with Crippen LogP contribution < -0.4 is 19.6 Å². The molecule has 0 saturated heterocycles. The fourth-order valence-electron chi connectivity index (χ4n) is 2.93. The van der Waals surface area contributed by atoms with E-state index in [4.69, 9.17) is 14.2 Å². The number of carbonyl (C=O) groups is 2. The van der Waals surface area contributed by atoms with Crippen LogP contribution in [0.5, 0.6) is 17.2 Å². The molecule has 33 heavy (non-hydrogen) atoms. The van der Waals surface area contributed by atoms with Crippen LogP contribution >= 0.6 is 0 Å². The summed E-state index contributed by atoms with van der Waals surface area (Å²) in [6, 6.07) is 19.4. The van der Waals surface area contributed by atoms with Crippen molar-refractivity contribution in [2.24, 2.45) is 5.10 Å². The molecule has 0 unspecified atom stereocenters. The highest BCUT2D eigenvalue weighted by atomic mass is 16.6. The molecule has 0 saturated carbocycles. The van der Waals surface area contributed by atoms with E-state index in [1.807, 2.05) is 45.0 Å². The Morgan fingerprint density at radius 3 is 2.45 bits per heavy atom. The second-order valence-corrected chi connectivity index (χ2v) is 7.17. The van der Waals surface area contributed by atoms with Crippen LogP contribution in [0.3, 0.4) is 0 Å². The van der Waals surface area contributed by atoms with Gasteiger partial charge in [0.15, 0.2) is 18.1 Å². The summed E-state index contributed by atoms with van der Waals surface area (Å²) >= 11 is 0. The standard InChI is InChI=1S/C26H26N2O5/c1-4-31-24-15-20(13-14-23(24)33-26(30)21-10-6-5-7-11-21)16-27-28-25(29)17-32-22-12-8-9-18(2)19(22)3/h5-16H,4,17H2,1-3H3,(H,28,29). The lowest BCUT2D eigenvalue weighted by Gasteiger charge is -2.11. The Hall–Kier alpha value is -4.13. The van der Waals surface area contributed by atoms with Crippen LogP contribution in [-0.4, -0.2) is 31.3 Å². The van der Waals surface area contributed by atoms with Crippen molar-refractivity contribution in [3.8, 4) is 17.2 Å². The highest BCUT2D eigenvalue weighted by Gasteiger charge is 2.13. The fourth-order valence-corrected chi connectivity index (χ4v) is 2.93. The van der Waals surface area contributed by atoms with Crippen molar-refractivity contribution < 1.29 is 23.8 Å². The van der Waals surface area contributed by atoms with E-state index in [0.29, 0.717) is 35.0 Å². The molecule has 3 aromatic rings. The van der Waals surface area contributed by atoms with E-state index in [-0.39, 0.29) is 12.5 Å². The summed E-state index contributed by atoms with van der Waals surface area (Å²) in [6.45, 7) is 6.00. The number of nitrogens with zero attached hydrogens (tertiary/aromatic N) is 1. The van der Waals surface area contributed by atoms with Gasteiger partial charge in [0.25, 0.3) is 5.91 Å². The minimum Gasteiger partial charge on any atom is -0.490 e. The van der Waals surface area contributed by atoms with E-state index in [1.165, 1.54) is 6.21 Å². The average Bonchev–Trinajstić information content (AvgIpc) is 2.82. The molecule has 1 amide bonds. The lowest BCUT2D eigenvalue weighted by Crippen LogP contribution is -2.24. The lowest BCUT2D eigenvalue weighted by atomic mass is 10.1. The van der Waals surface area contributed by atoms with Gasteiger partial charge in [-0.05, 0) is 73.9 Å². The van der Waals surface area contributed by atoms with Crippen LogP contribution in [0, 0.1) is 13.8 Å². The summed E-state index contributed by atoms with van der Waals surface area (Å²) in [4.78, 5) is 24.4. The normalized spacial score (nSPS) is 10.6. The number of nitrogens with one attached hydrogen (secondary N) is 1. The van der Waals surface area contributed by atoms with Crippen LogP contribution in [0.1, 0.15) is 34.0 Å². The lowest BCUT2D eigenvalue weighted by molar-refractivity contribution is -0.123. The Labute approximate surface area is 193 Å². The van der Waals surface area contributed by atoms with Crippen molar-refractivity contribution in [3.63, 3.8) is 0 Å². The molecule has 0 atom stereocenters. The predicted octanol–water partition coefficient (Wildman–Crippen LogP) is 4.45. The van der Waals surface area contributed by atoms with Gasteiger partial charge in [0.05, 0.1) is 18.4 Å². The molecule has 0 bridgehead atoms. The molecule has 7 heteroatoms. The van der Waals surface area contributed by atoms with Gasteiger partial charge in [-0.2, -0.15) is 5.10 Å². The zero-order valence-electron chi connectivity index (χ0n) is 18.8. The molecular weight excluding hydrogens is 420 g/mol. The predicted molar refractivity (Wildman–Crippen MR) is 126 cm³/mol. The van der Waals surface area contributed by atoms with Crippen LogP contribution in [0.15, 0.2) is 71.8 Å². The monoisotopic (exact) mass is 446 g/mol. The van der Waals surface area contributed by atoms with Gasteiger partial charge in [-0.3, -0.25) is 4.79 Å². The number of hydrogen-bond donors (Lipinski definition) is 1. The quantitative estimate of drug-likeness (QED) is 0.227. The van der Waals surface area contributed by atoms with E-state index in [0.717, 1.165) is 11.1 Å². The highest BCUT2D eigenvalue weighted by Crippen LogP contribution is 2.29. The number of hydrazone groups is 1. The first-order chi connectivity index (χ1) is 16.0. The van der Waals surface area contributed by atoms with Crippen molar-refractivity contribution in [2.75, 3.05) is 13.2 Å².